The summed E-state index contributed by atoms with van der Waals surface area (Å²) in [6, 6.07) is 13.9. The Morgan fingerprint density at radius 2 is 1.80 bits per heavy atom. The smallest absolute Gasteiger partial charge is 0.185 e. The third-order valence-corrected chi connectivity index (χ3v) is 6.56. The quantitative estimate of drug-likeness (QED) is 0.410. The Morgan fingerprint density at radius 1 is 1.10 bits per heavy atom. The van der Waals surface area contributed by atoms with Crippen molar-refractivity contribution < 1.29 is 0 Å². The molecule has 0 saturated heterocycles. The monoisotopic (exact) mass is 461 g/mol. The average molecular weight is 463 g/mol. The van der Waals surface area contributed by atoms with Crippen LogP contribution in [0.15, 0.2) is 63.6 Å². The molecule has 5 nitrogen and oxygen atoms in total. The molecule has 0 aromatic heterocycles. The molecule has 8 heteroatoms. The van der Waals surface area contributed by atoms with Gasteiger partial charge >= 0.3 is 0 Å². The van der Waals surface area contributed by atoms with E-state index in [0.29, 0.717) is 34.6 Å². The number of halogens is 3. The minimum atomic E-state index is -0.324. The van der Waals surface area contributed by atoms with Crippen LogP contribution in [0.4, 0.5) is 17.1 Å². The predicted octanol–water partition coefficient (Wildman–Crippen LogP) is 5.41. The first-order chi connectivity index (χ1) is 14.3. The van der Waals surface area contributed by atoms with Crippen LogP contribution in [-0.4, -0.2) is 24.6 Å². The summed E-state index contributed by atoms with van der Waals surface area (Å²) < 4.78 is 0. The molecule has 30 heavy (non-hydrogen) atoms. The van der Waals surface area contributed by atoms with E-state index >= 15 is 0 Å². The summed E-state index contributed by atoms with van der Waals surface area (Å²) in [6.07, 6.45) is 2.59. The first-order valence-corrected chi connectivity index (χ1v) is 10.7. The molecular formula is C22H22Cl3N5. The zero-order valence-electron chi connectivity index (χ0n) is 16.4. The Bertz CT molecular complexity index is 1070. The highest BCUT2D eigenvalue weighted by atomic mass is 35.5. The second kappa shape index (κ2) is 8.06. The van der Waals surface area contributed by atoms with Gasteiger partial charge < -0.3 is 21.7 Å². The molecule has 1 heterocycles. The summed E-state index contributed by atoms with van der Waals surface area (Å²) in [5.41, 5.74) is 16.0. The van der Waals surface area contributed by atoms with Gasteiger partial charge in [-0.15, -0.1) is 0 Å². The maximum atomic E-state index is 6.45. The molecule has 0 radical (unpaired) electrons. The van der Waals surface area contributed by atoms with Gasteiger partial charge in [-0.2, -0.15) is 0 Å². The Hall–Kier alpha value is -2.34. The summed E-state index contributed by atoms with van der Waals surface area (Å²) in [5.74, 6) is 0.0816. The lowest BCUT2D eigenvalue weighted by molar-refractivity contribution is 0.546. The maximum absolute atomic E-state index is 6.45. The molecule has 1 unspecified atom stereocenters. The van der Waals surface area contributed by atoms with Crippen LogP contribution < -0.4 is 21.7 Å². The van der Waals surface area contributed by atoms with Crippen LogP contribution in [0.2, 0.25) is 5.02 Å². The SMILES string of the molecule is CC12CC(Cl)=C(Cl)C=C1c1ccc(Nc3ccc(Cl)cc3)cc1N2CCN=C(N)N. The van der Waals surface area contributed by atoms with Gasteiger partial charge in [0.25, 0.3) is 0 Å². The zero-order chi connectivity index (χ0) is 21.5. The first kappa shape index (κ1) is 20.9. The minimum Gasteiger partial charge on any atom is -0.370 e. The Morgan fingerprint density at radius 3 is 2.50 bits per heavy atom. The zero-order valence-corrected chi connectivity index (χ0v) is 18.7. The molecule has 2 aromatic rings. The molecule has 1 atom stereocenters. The van der Waals surface area contributed by atoms with Crippen LogP contribution in [0, 0.1) is 0 Å². The number of anilines is 3. The number of rotatable bonds is 5. The highest BCUT2D eigenvalue weighted by Gasteiger charge is 2.46. The summed E-state index contributed by atoms with van der Waals surface area (Å²) in [6.45, 7) is 3.30. The highest BCUT2D eigenvalue weighted by molar-refractivity contribution is 6.41. The van der Waals surface area contributed by atoms with Crippen molar-refractivity contribution >= 4 is 63.4 Å². The fourth-order valence-corrected chi connectivity index (χ4v) is 4.74. The molecule has 0 fully saturated rings. The van der Waals surface area contributed by atoms with Gasteiger partial charge in [0.1, 0.15) is 0 Å². The molecule has 156 valence electrons. The molecule has 2 aliphatic rings. The van der Waals surface area contributed by atoms with Crippen LogP contribution in [-0.2, 0) is 0 Å². The van der Waals surface area contributed by atoms with E-state index in [4.69, 9.17) is 46.3 Å². The van der Waals surface area contributed by atoms with Gasteiger partial charge in [-0.05, 0) is 55.0 Å². The van der Waals surface area contributed by atoms with E-state index in [-0.39, 0.29) is 11.5 Å². The van der Waals surface area contributed by atoms with Gasteiger partial charge in [-0.1, -0.05) is 40.9 Å². The lowest BCUT2D eigenvalue weighted by Gasteiger charge is -2.40. The van der Waals surface area contributed by atoms with Crippen LogP contribution in [0.25, 0.3) is 5.57 Å². The number of nitrogens with one attached hydrogen (secondary N) is 1. The first-order valence-electron chi connectivity index (χ1n) is 9.54. The third-order valence-electron chi connectivity index (χ3n) is 5.54. The van der Waals surface area contributed by atoms with E-state index < -0.39 is 0 Å². The molecule has 1 aliphatic carbocycles. The average Bonchev–Trinajstić information content (AvgIpc) is 2.91. The van der Waals surface area contributed by atoms with E-state index in [9.17, 15) is 0 Å². The number of nitrogens with zero attached hydrogens (tertiary/aromatic N) is 2. The molecule has 5 N–H and O–H groups in total. The van der Waals surface area contributed by atoms with Gasteiger partial charge in [-0.25, -0.2) is 0 Å². The number of aliphatic imine (C=N–C) groups is 1. The highest BCUT2D eigenvalue weighted by Crippen LogP contribution is 2.54. The summed E-state index contributed by atoms with van der Waals surface area (Å²) in [5, 5.41) is 5.37. The molecule has 4 rings (SSSR count). The van der Waals surface area contributed by atoms with Crippen molar-refractivity contribution in [2.75, 3.05) is 23.3 Å². The second-order valence-electron chi connectivity index (χ2n) is 7.58. The van der Waals surface area contributed by atoms with Crippen LogP contribution in [0.5, 0.6) is 0 Å². The molecule has 0 bridgehead atoms. The Kier molecular flexibility index (Phi) is 5.62. The fraction of sp³-hybridized carbons (Fsp3) is 0.227. The Balaban J connectivity index is 1.73. The number of allylic oxidation sites excluding steroid dienone is 2. The molecule has 2 aromatic carbocycles. The number of nitrogens with two attached hydrogens (primary N) is 2. The minimum absolute atomic E-state index is 0.0816. The summed E-state index contributed by atoms with van der Waals surface area (Å²) in [7, 11) is 0. The molecule has 0 spiro atoms. The fourth-order valence-electron chi connectivity index (χ4n) is 4.12. The normalized spacial score (nSPS) is 19.9. The van der Waals surface area contributed by atoms with Crippen molar-refractivity contribution in [1.82, 2.24) is 0 Å². The Labute approximate surface area is 191 Å². The number of hydrogen-bond donors (Lipinski definition) is 3. The summed E-state index contributed by atoms with van der Waals surface area (Å²) in [4.78, 5) is 6.48. The van der Waals surface area contributed by atoms with Gasteiger partial charge in [0.2, 0.25) is 0 Å². The predicted molar refractivity (Wildman–Crippen MR) is 129 cm³/mol. The van der Waals surface area contributed by atoms with Gasteiger partial charge in [-0.3, -0.25) is 4.99 Å². The standard InChI is InChI=1S/C22H22Cl3N5/c1-22-12-19(25)18(24)11-17(22)16-7-6-15(29-14-4-2-13(23)3-5-14)10-20(16)30(22)9-8-28-21(26)27/h2-7,10-11,29H,8-9,12H2,1H3,(H4,26,27,28). The lowest BCUT2D eigenvalue weighted by Crippen LogP contribution is -2.46. The molecule has 0 amide bonds. The number of benzene rings is 2. The van der Waals surface area contributed by atoms with Crippen molar-refractivity contribution in [1.29, 1.82) is 0 Å². The number of fused-ring (bicyclic) bond motifs is 3. The van der Waals surface area contributed by atoms with E-state index in [0.717, 1.165) is 28.2 Å². The largest absolute Gasteiger partial charge is 0.370 e. The van der Waals surface area contributed by atoms with Crippen LogP contribution in [0.3, 0.4) is 0 Å². The van der Waals surface area contributed by atoms with Gasteiger partial charge in [0.15, 0.2) is 5.96 Å². The van der Waals surface area contributed by atoms with E-state index in [2.05, 4.69) is 40.3 Å². The van der Waals surface area contributed by atoms with E-state index in [1.165, 1.54) is 0 Å². The van der Waals surface area contributed by atoms with Crippen LogP contribution >= 0.6 is 34.8 Å². The van der Waals surface area contributed by atoms with Crippen molar-refractivity contribution in [2.24, 2.45) is 16.5 Å². The summed E-state index contributed by atoms with van der Waals surface area (Å²) >= 11 is 18.8. The lowest BCUT2D eigenvalue weighted by atomic mass is 9.83. The van der Waals surface area contributed by atoms with E-state index in [1.54, 1.807) is 0 Å². The van der Waals surface area contributed by atoms with Crippen LogP contribution in [0.1, 0.15) is 18.9 Å². The second-order valence-corrected chi connectivity index (χ2v) is 8.88. The van der Waals surface area contributed by atoms with Crippen molar-refractivity contribution in [3.63, 3.8) is 0 Å². The molecule has 0 saturated carbocycles. The van der Waals surface area contributed by atoms with Gasteiger partial charge in [0.05, 0.1) is 17.1 Å². The van der Waals surface area contributed by atoms with Crippen molar-refractivity contribution in [3.8, 4) is 0 Å². The third kappa shape index (κ3) is 3.85. The molecule has 1 aliphatic heterocycles. The topological polar surface area (TPSA) is 79.7 Å². The maximum Gasteiger partial charge on any atom is 0.185 e. The van der Waals surface area contributed by atoms with Crippen molar-refractivity contribution in [3.05, 3.63) is 69.2 Å². The van der Waals surface area contributed by atoms with Crippen molar-refractivity contribution in [2.45, 2.75) is 18.9 Å². The van der Waals surface area contributed by atoms with E-state index in [1.807, 2.05) is 30.3 Å². The van der Waals surface area contributed by atoms with Gasteiger partial charge in [0, 0.05) is 45.6 Å². The number of guanidine groups is 1. The molecular weight excluding hydrogens is 441 g/mol. The number of hydrogen-bond acceptors (Lipinski definition) is 3.